The van der Waals surface area contributed by atoms with Crippen LogP contribution in [0.1, 0.15) is 31.3 Å². The van der Waals surface area contributed by atoms with Gasteiger partial charge in [-0.25, -0.2) is 0 Å². The van der Waals surface area contributed by atoms with E-state index in [1.807, 2.05) is 47.3 Å². The van der Waals surface area contributed by atoms with Crippen LogP contribution in [0.3, 0.4) is 0 Å². The molecular weight excluding hydrogens is 422 g/mol. The van der Waals surface area contributed by atoms with E-state index in [0.717, 1.165) is 11.1 Å². The zero-order valence-corrected chi connectivity index (χ0v) is 18.6. The second-order valence-electron chi connectivity index (χ2n) is 7.31. The van der Waals surface area contributed by atoms with Crippen LogP contribution in [0.25, 0.3) is 0 Å². The number of carbonyl (C=O) groups is 2. The maximum atomic E-state index is 13.3. The number of thiophene rings is 1. The summed E-state index contributed by atoms with van der Waals surface area (Å²) in [4.78, 5) is 26.5. The summed E-state index contributed by atoms with van der Waals surface area (Å²) in [6, 6.07) is 20.5. The van der Waals surface area contributed by atoms with Gasteiger partial charge in [-0.3, -0.25) is 9.59 Å². The van der Waals surface area contributed by atoms with Gasteiger partial charge in [-0.2, -0.15) is 0 Å². The number of rotatable bonds is 7. The smallest absolute Gasteiger partial charge is 0.274 e. The number of carbonyl (C=O) groups excluding carboxylic acids is 2. The number of amides is 2. The molecule has 0 saturated carbocycles. The third kappa shape index (κ3) is 4.90. The molecule has 0 aliphatic carbocycles. The molecule has 0 bridgehead atoms. The Balaban J connectivity index is 1.64. The van der Waals surface area contributed by atoms with Crippen molar-refractivity contribution in [2.24, 2.45) is 0 Å². The summed E-state index contributed by atoms with van der Waals surface area (Å²) in [5, 5.41) is 7.65. The monoisotopic (exact) mass is 445 g/mol. The van der Waals surface area contributed by atoms with Crippen molar-refractivity contribution in [3.05, 3.63) is 100 Å². The molecule has 162 valence electrons. The summed E-state index contributed by atoms with van der Waals surface area (Å²) in [5.41, 5.74) is 3.68. The van der Waals surface area contributed by atoms with E-state index >= 15 is 0 Å². The number of ether oxygens (including phenoxy) is 1. The average molecular weight is 446 g/mol. The third-order valence-electron chi connectivity index (χ3n) is 4.96. The molecule has 4 rings (SSSR count). The summed E-state index contributed by atoms with van der Waals surface area (Å²) in [6.45, 7) is 2.53. The fraction of sp³-hybridized carbons (Fsp3) is 0.120. The molecule has 0 atom stereocenters. The lowest BCUT2D eigenvalue weighted by Gasteiger charge is -2.13. The molecule has 0 radical (unpaired) electrons. The second-order valence-corrected chi connectivity index (χ2v) is 8.26. The Labute approximate surface area is 190 Å². The van der Waals surface area contributed by atoms with E-state index in [2.05, 4.69) is 16.7 Å². The molecule has 2 N–H and O–H groups in total. The van der Waals surface area contributed by atoms with Crippen molar-refractivity contribution in [2.75, 3.05) is 17.7 Å². The highest BCUT2D eigenvalue weighted by Gasteiger charge is 2.20. The van der Waals surface area contributed by atoms with E-state index in [4.69, 9.17) is 4.74 Å². The van der Waals surface area contributed by atoms with Gasteiger partial charge in [0.2, 0.25) is 0 Å². The zero-order chi connectivity index (χ0) is 22.5. The van der Waals surface area contributed by atoms with Gasteiger partial charge < -0.3 is 19.9 Å². The SMILES string of the molecule is COc1ccc(NC(=O)c2c(NC(=O)c3cccs3)ccn2Cc2cccc(C)c2)cc1. The summed E-state index contributed by atoms with van der Waals surface area (Å²) >= 11 is 1.35. The molecule has 2 heterocycles. The molecule has 0 aliphatic heterocycles. The molecule has 0 spiro atoms. The Morgan fingerprint density at radius 2 is 1.78 bits per heavy atom. The van der Waals surface area contributed by atoms with Gasteiger partial charge in [-0.15, -0.1) is 11.3 Å². The summed E-state index contributed by atoms with van der Waals surface area (Å²) < 4.78 is 7.02. The van der Waals surface area contributed by atoms with Crippen LogP contribution in [-0.4, -0.2) is 23.5 Å². The second kappa shape index (κ2) is 9.53. The van der Waals surface area contributed by atoms with Crippen LogP contribution >= 0.6 is 11.3 Å². The molecule has 4 aromatic rings. The topological polar surface area (TPSA) is 72.4 Å². The Kier molecular flexibility index (Phi) is 6.37. The molecule has 7 heteroatoms. The van der Waals surface area contributed by atoms with Gasteiger partial charge in [-0.1, -0.05) is 35.9 Å². The molecular formula is C25H23N3O3S. The number of aromatic nitrogens is 1. The zero-order valence-electron chi connectivity index (χ0n) is 17.8. The Morgan fingerprint density at radius 1 is 0.969 bits per heavy atom. The molecule has 0 fully saturated rings. The first-order chi connectivity index (χ1) is 15.5. The van der Waals surface area contributed by atoms with E-state index < -0.39 is 0 Å². The summed E-state index contributed by atoms with van der Waals surface area (Å²) in [7, 11) is 1.59. The Morgan fingerprint density at radius 3 is 2.47 bits per heavy atom. The number of nitrogens with one attached hydrogen (secondary N) is 2. The van der Waals surface area contributed by atoms with Crippen LogP contribution < -0.4 is 15.4 Å². The molecule has 0 aliphatic rings. The Hall–Kier alpha value is -3.84. The quantitative estimate of drug-likeness (QED) is 0.399. The largest absolute Gasteiger partial charge is 0.497 e. The average Bonchev–Trinajstić information content (AvgIpc) is 3.45. The number of methoxy groups -OCH3 is 1. The van der Waals surface area contributed by atoms with Crippen molar-refractivity contribution in [1.29, 1.82) is 0 Å². The fourth-order valence-electron chi connectivity index (χ4n) is 3.42. The van der Waals surface area contributed by atoms with E-state index in [9.17, 15) is 9.59 Å². The number of nitrogens with zero attached hydrogens (tertiary/aromatic N) is 1. The molecule has 2 amide bonds. The maximum Gasteiger partial charge on any atom is 0.274 e. The predicted octanol–water partition coefficient (Wildman–Crippen LogP) is 5.42. The predicted molar refractivity (Wildman–Crippen MR) is 128 cm³/mol. The first-order valence-corrected chi connectivity index (χ1v) is 11.0. The normalized spacial score (nSPS) is 10.6. The highest BCUT2D eigenvalue weighted by atomic mass is 32.1. The van der Waals surface area contributed by atoms with Crippen LogP contribution in [0.15, 0.2) is 78.3 Å². The molecule has 0 unspecified atom stereocenters. The lowest BCUT2D eigenvalue weighted by atomic mass is 10.1. The van der Waals surface area contributed by atoms with Gasteiger partial charge in [0.25, 0.3) is 11.8 Å². The minimum Gasteiger partial charge on any atom is -0.497 e. The van der Waals surface area contributed by atoms with Crippen molar-refractivity contribution in [1.82, 2.24) is 4.57 Å². The van der Waals surface area contributed by atoms with Crippen LogP contribution in [0, 0.1) is 6.92 Å². The molecule has 32 heavy (non-hydrogen) atoms. The minimum atomic E-state index is -0.311. The number of hydrogen-bond donors (Lipinski definition) is 2. The van der Waals surface area contributed by atoms with Crippen LogP contribution in [0.4, 0.5) is 11.4 Å². The summed E-state index contributed by atoms with van der Waals surface area (Å²) in [5.74, 6) is 0.149. The molecule has 2 aromatic heterocycles. The summed E-state index contributed by atoms with van der Waals surface area (Å²) in [6.07, 6.45) is 1.81. The van der Waals surface area contributed by atoms with Gasteiger partial charge in [0.15, 0.2) is 0 Å². The minimum absolute atomic E-state index is 0.244. The first kappa shape index (κ1) is 21.4. The van der Waals surface area contributed by atoms with E-state index in [1.54, 1.807) is 43.5 Å². The Bertz CT molecular complexity index is 1230. The van der Waals surface area contributed by atoms with Crippen molar-refractivity contribution < 1.29 is 14.3 Å². The first-order valence-electron chi connectivity index (χ1n) is 10.1. The van der Waals surface area contributed by atoms with Gasteiger partial charge >= 0.3 is 0 Å². The van der Waals surface area contributed by atoms with E-state index in [0.29, 0.717) is 34.2 Å². The van der Waals surface area contributed by atoms with E-state index in [1.165, 1.54) is 11.3 Å². The van der Waals surface area contributed by atoms with Crippen molar-refractivity contribution in [3.8, 4) is 5.75 Å². The number of benzene rings is 2. The van der Waals surface area contributed by atoms with Gasteiger partial charge in [0, 0.05) is 18.4 Å². The van der Waals surface area contributed by atoms with Crippen molar-refractivity contribution in [2.45, 2.75) is 13.5 Å². The van der Waals surface area contributed by atoms with Gasteiger partial charge in [-0.05, 0) is 54.3 Å². The molecule has 0 saturated heterocycles. The highest BCUT2D eigenvalue weighted by molar-refractivity contribution is 7.12. The van der Waals surface area contributed by atoms with Crippen LogP contribution in [0.5, 0.6) is 5.75 Å². The number of aryl methyl sites for hydroxylation is 1. The fourth-order valence-corrected chi connectivity index (χ4v) is 4.04. The van der Waals surface area contributed by atoms with Crippen molar-refractivity contribution in [3.63, 3.8) is 0 Å². The molecule has 2 aromatic carbocycles. The van der Waals surface area contributed by atoms with E-state index in [-0.39, 0.29) is 11.8 Å². The maximum absolute atomic E-state index is 13.3. The number of anilines is 2. The van der Waals surface area contributed by atoms with Gasteiger partial charge in [0.05, 0.1) is 17.7 Å². The molecule has 6 nitrogen and oxygen atoms in total. The lowest BCUT2D eigenvalue weighted by molar-refractivity contribution is 0.101. The van der Waals surface area contributed by atoms with Crippen LogP contribution in [0.2, 0.25) is 0 Å². The highest BCUT2D eigenvalue weighted by Crippen LogP contribution is 2.23. The lowest BCUT2D eigenvalue weighted by Crippen LogP contribution is -2.20. The van der Waals surface area contributed by atoms with Gasteiger partial charge in [0.1, 0.15) is 11.4 Å². The third-order valence-corrected chi connectivity index (χ3v) is 5.82. The van der Waals surface area contributed by atoms with Crippen LogP contribution in [-0.2, 0) is 6.54 Å². The number of hydrogen-bond acceptors (Lipinski definition) is 4. The standard InChI is InChI=1S/C25H23N3O3S/c1-17-5-3-6-18(15-17)16-28-13-12-21(27-24(29)22-7-4-14-32-22)23(28)25(30)26-19-8-10-20(31-2)11-9-19/h3-15H,16H2,1-2H3,(H,26,30)(H,27,29). The van der Waals surface area contributed by atoms with Crippen molar-refractivity contribution >= 4 is 34.5 Å².